The molecule has 0 saturated heterocycles. The van der Waals surface area contributed by atoms with E-state index in [-0.39, 0.29) is 6.42 Å². The Balaban J connectivity index is 2.27. The molecule has 0 aliphatic heterocycles. The minimum Gasteiger partial charge on any atom is -0.477 e. The van der Waals surface area contributed by atoms with E-state index in [1.165, 1.54) is 44.1 Å². The van der Waals surface area contributed by atoms with E-state index in [1.807, 2.05) is 6.08 Å². The first kappa shape index (κ1) is 24.6. The molecule has 0 heterocycles. The lowest BCUT2D eigenvalue weighted by atomic mass is 9.91. The SMILES string of the molecule is CC(C)=CCC[C@H](C)CC/C=C/[C@H]1CCC[C@@H]1CC=CCCC(O)(O)C(=O)O. The van der Waals surface area contributed by atoms with Crippen LogP contribution in [0.4, 0.5) is 0 Å². The van der Waals surface area contributed by atoms with Crippen molar-refractivity contribution in [3.8, 4) is 0 Å². The van der Waals surface area contributed by atoms with Gasteiger partial charge >= 0.3 is 5.97 Å². The smallest absolute Gasteiger partial charge is 0.364 e. The molecule has 0 aromatic rings. The molecule has 4 nitrogen and oxygen atoms in total. The molecule has 1 aliphatic carbocycles. The van der Waals surface area contributed by atoms with Crippen molar-refractivity contribution in [2.24, 2.45) is 17.8 Å². The minimum atomic E-state index is -2.62. The molecule has 1 saturated carbocycles. The Morgan fingerprint density at radius 3 is 2.46 bits per heavy atom. The quantitative estimate of drug-likeness (QED) is 0.281. The van der Waals surface area contributed by atoms with Gasteiger partial charge in [0.2, 0.25) is 0 Å². The zero-order valence-electron chi connectivity index (χ0n) is 17.9. The lowest BCUT2D eigenvalue weighted by Crippen LogP contribution is -2.37. The summed E-state index contributed by atoms with van der Waals surface area (Å²) in [4.78, 5) is 10.6. The fourth-order valence-electron chi connectivity index (χ4n) is 3.84. The van der Waals surface area contributed by atoms with Gasteiger partial charge in [0, 0.05) is 6.42 Å². The fourth-order valence-corrected chi connectivity index (χ4v) is 3.84. The number of hydrogen-bond donors (Lipinski definition) is 3. The van der Waals surface area contributed by atoms with Crippen LogP contribution in [0.3, 0.4) is 0 Å². The molecule has 0 amide bonds. The summed E-state index contributed by atoms with van der Waals surface area (Å²) >= 11 is 0. The predicted molar refractivity (Wildman–Crippen MR) is 115 cm³/mol. The summed E-state index contributed by atoms with van der Waals surface area (Å²) in [5, 5.41) is 27.2. The predicted octanol–water partition coefficient (Wildman–Crippen LogP) is 5.61. The summed E-state index contributed by atoms with van der Waals surface area (Å²) in [5.74, 6) is -2.16. The highest BCUT2D eigenvalue weighted by Crippen LogP contribution is 2.35. The maximum Gasteiger partial charge on any atom is 0.364 e. The van der Waals surface area contributed by atoms with Crippen molar-refractivity contribution < 1.29 is 20.1 Å². The van der Waals surface area contributed by atoms with Crippen molar-refractivity contribution in [2.45, 2.75) is 90.8 Å². The van der Waals surface area contributed by atoms with Gasteiger partial charge in [0.15, 0.2) is 0 Å². The molecule has 4 heteroatoms. The molecule has 0 radical (unpaired) electrons. The molecule has 0 aromatic heterocycles. The van der Waals surface area contributed by atoms with Gasteiger partial charge in [-0.3, -0.25) is 0 Å². The van der Waals surface area contributed by atoms with Crippen LogP contribution in [0.25, 0.3) is 0 Å². The number of carboxylic acid groups (broad SMARTS) is 1. The third-order valence-electron chi connectivity index (χ3n) is 5.75. The van der Waals surface area contributed by atoms with E-state index in [0.717, 1.165) is 18.8 Å². The zero-order valence-corrected chi connectivity index (χ0v) is 17.9. The Morgan fingerprint density at radius 2 is 1.79 bits per heavy atom. The molecule has 3 atom stereocenters. The average Bonchev–Trinajstić information content (AvgIpc) is 3.05. The van der Waals surface area contributed by atoms with Gasteiger partial charge in [-0.1, -0.05) is 49.3 Å². The molecule has 28 heavy (non-hydrogen) atoms. The molecule has 1 rings (SSSR count). The molecule has 1 fully saturated rings. The monoisotopic (exact) mass is 392 g/mol. The number of allylic oxidation sites excluding steroid dienone is 6. The van der Waals surface area contributed by atoms with Crippen LogP contribution in [-0.2, 0) is 4.79 Å². The van der Waals surface area contributed by atoms with E-state index in [9.17, 15) is 15.0 Å². The first-order valence-electron chi connectivity index (χ1n) is 10.9. The summed E-state index contributed by atoms with van der Waals surface area (Å²) < 4.78 is 0. The number of aliphatic carboxylic acids is 1. The van der Waals surface area contributed by atoms with Crippen LogP contribution in [0.2, 0.25) is 0 Å². The van der Waals surface area contributed by atoms with E-state index < -0.39 is 11.8 Å². The molecule has 160 valence electrons. The van der Waals surface area contributed by atoms with Gasteiger partial charge in [-0.2, -0.15) is 0 Å². The Morgan fingerprint density at radius 1 is 1.07 bits per heavy atom. The summed E-state index contributed by atoms with van der Waals surface area (Å²) in [6.07, 6.45) is 20.8. The van der Waals surface area contributed by atoms with Gasteiger partial charge in [0.1, 0.15) is 0 Å². The lowest BCUT2D eigenvalue weighted by molar-refractivity contribution is -0.205. The van der Waals surface area contributed by atoms with E-state index >= 15 is 0 Å². The van der Waals surface area contributed by atoms with Crippen LogP contribution in [0.5, 0.6) is 0 Å². The Hall–Kier alpha value is -1.39. The van der Waals surface area contributed by atoms with Gasteiger partial charge < -0.3 is 15.3 Å². The lowest BCUT2D eigenvalue weighted by Gasteiger charge is -2.15. The second-order valence-electron chi connectivity index (χ2n) is 8.69. The standard InChI is InChI=1S/C24H40O4/c1-19(2)11-9-13-20(3)12-6-7-15-22-17-10-16-21(22)14-5-4-8-18-24(27,28)23(25)26/h4-5,7,11,15,20-22,27-28H,6,8-10,12-14,16-18H2,1-3H3,(H,25,26)/b5-4?,15-7+/t20-,21+,22+/m1/s1. The first-order valence-corrected chi connectivity index (χ1v) is 10.9. The molecule has 0 unspecified atom stereocenters. The summed E-state index contributed by atoms with van der Waals surface area (Å²) in [6.45, 7) is 6.65. The molecular weight excluding hydrogens is 352 g/mol. The van der Waals surface area contributed by atoms with Gasteiger partial charge in [0.05, 0.1) is 0 Å². The Bertz CT molecular complexity index is 541. The van der Waals surface area contributed by atoms with Crippen molar-refractivity contribution in [1.29, 1.82) is 0 Å². The van der Waals surface area contributed by atoms with Crippen LogP contribution < -0.4 is 0 Å². The van der Waals surface area contributed by atoms with Crippen molar-refractivity contribution in [2.75, 3.05) is 0 Å². The van der Waals surface area contributed by atoms with E-state index in [4.69, 9.17) is 5.11 Å². The van der Waals surface area contributed by atoms with Crippen LogP contribution >= 0.6 is 0 Å². The van der Waals surface area contributed by atoms with E-state index in [1.54, 1.807) is 0 Å². The molecule has 0 aromatic carbocycles. The fraction of sp³-hybridized carbons (Fsp3) is 0.708. The average molecular weight is 393 g/mol. The highest BCUT2D eigenvalue weighted by molar-refractivity contribution is 5.74. The second kappa shape index (κ2) is 12.9. The largest absolute Gasteiger partial charge is 0.477 e. The second-order valence-corrected chi connectivity index (χ2v) is 8.69. The van der Waals surface area contributed by atoms with Gasteiger partial charge in [-0.05, 0) is 83.0 Å². The number of carbonyl (C=O) groups is 1. The van der Waals surface area contributed by atoms with Gasteiger partial charge in [0.25, 0.3) is 5.79 Å². The molecule has 3 N–H and O–H groups in total. The summed E-state index contributed by atoms with van der Waals surface area (Å²) in [7, 11) is 0. The number of rotatable bonds is 13. The minimum absolute atomic E-state index is 0.182. The van der Waals surface area contributed by atoms with Crippen LogP contribution in [0.15, 0.2) is 36.0 Å². The van der Waals surface area contributed by atoms with Crippen molar-refractivity contribution in [3.63, 3.8) is 0 Å². The zero-order chi connectivity index (χ0) is 21.0. The molecule has 0 spiro atoms. The van der Waals surface area contributed by atoms with Gasteiger partial charge in [-0.25, -0.2) is 4.79 Å². The highest BCUT2D eigenvalue weighted by atomic mass is 16.5. The van der Waals surface area contributed by atoms with Gasteiger partial charge in [-0.15, -0.1) is 0 Å². The number of aliphatic hydroxyl groups is 2. The van der Waals surface area contributed by atoms with E-state index in [0.29, 0.717) is 18.3 Å². The maximum atomic E-state index is 10.6. The molecule has 1 aliphatic rings. The van der Waals surface area contributed by atoms with Crippen LogP contribution in [0.1, 0.15) is 85.0 Å². The summed E-state index contributed by atoms with van der Waals surface area (Å²) in [5.41, 5.74) is 1.40. The summed E-state index contributed by atoms with van der Waals surface area (Å²) in [6, 6.07) is 0. The first-order chi connectivity index (χ1) is 13.2. The van der Waals surface area contributed by atoms with Crippen molar-refractivity contribution in [1.82, 2.24) is 0 Å². The number of hydrogen-bond acceptors (Lipinski definition) is 3. The Labute approximate surface area is 171 Å². The van der Waals surface area contributed by atoms with Crippen LogP contribution in [-0.4, -0.2) is 27.1 Å². The highest BCUT2D eigenvalue weighted by Gasteiger charge is 2.31. The third kappa shape index (κ3) is 10.2. The topological polar surface area (TPSA) is 77.8 Å². The molecule has 0 bridgehead atoms. The third-order valence-corrected chi connectivity index (χ3v) is 5.75. The maximum absolute atomic E-state index is 10.6. The Kier molecular flexibility index (Phi) is 11.4. The van der Waals surface area contributed by atoms with Crippen molar-refractivity contribution in [3.05, 3.63) is 36.0 Å². The van der Waals surface area contributed by atoms with Crippen molar-refractivity contribution >= 4 is 5.97 Å². The normalized spacial score (nSPS) is 21.5. The number of carboxylic acids is 1. The van der Waals surface area contributed by atoms with E-state index in [2.05, 4.69) is 45.1 Å². The molecular formula is C24H40O4. The van der Waals surface area contributed by atoms with Crippen LogP contribution in [0, 0.1) is 17.8 Å².